The number of aromatic nitrogens is 3. The van der Waals surface area contributed by atoms with E-state index in [1.54, 1.807) is 12.4 Å². The van der Waals surface area contributed by atoms with Gasteiger partial charge in [0.15, 0.2) is 0 Å². The van der Waals surface area contributed by atoms with E-state index in [1.165, 1.54) is 6.08 Å². The van der Waals surface area contributed by atoms with E-state index in [0.717, 1.165) is 51.9 Å². The Kier molecular flexibility index (Phi) is 5.40. The van der Waals surface area contributed by atoms with Gasteiger partial charge < -0.3 is 5.73 Å². The molecular formula is C22H16N6Zn-2. The van der Waals surface area contributed by atoms with E-state index in [1.807, 2.05) is 48.6 Å². The van der Waals surface area contributed by atoms with Gasteiger partial charge in [0, 0.05) is 11.8 Å². The molecule has 4 rings (SSSR count). The maximum atomic E-state index is 8.14. The van der Waals surface area contributed by atoms with Crippen molar-refractivity contribution in [2.45, 2.75) is 0 Å². The van der Waals surface area contributed by atoms with Crippen molar-refractivity contribution in [3.8, 4) is 0 Å². The third-order valence-corrected chi connectivity index (χ3v) is 5.25. The Hall–Kier alpha value is -3.44. The number of aliphatic imine (C=N–C) groups is 2. The van der Waals surface area contributed by atoms with Crippen LogP contribution in [0, 0.1) is 6.58 Å². The van der Waals surface area contributed by atoms with E-state index in [9.17, 15) is 0 Å². The summed E-state index contributed by atoms with van der Waals surface area (Å²) in [5.74, 6) is 0. The summed E-state index contributed by atoms with van der Waals surface area (Å²) >= 11 is 1.09. The van der Waals surface area contributed by atoms with Crippen molar-refractivity contribution in [3.63, 3.8) is 0 Å². The summed E-state index contributed by atoms with van der Waals surface area (Å²) < 4.78 is 2.10. The topological polar surface area (TPSA) is 93.0 Å². The number of aromatic amines is 2. The van der Waals surface area contributed by atoms with Crippen molar-refractivity contribution in [3.05, 3.63) is 101 Å². The standard InChI is InChI=1S/C22H16N6.Zn/c1-3-20(23)22(15-12-24-25-13-15)21-9-8-19(28-21)11-18-7-6-17(27-18)10-16-5-4-14(2)26-16;/h1-13,23,27H,(H,24,25);/q-2;/b16-10?,19-11?,22-20-;. The molecular weight excluding hydrogens is 414 g/mol. The van der Waals surface area contributed by atoms with Crippen LogP contribution in [0.15, 0.2) is 82.0 Å². The van der Waals surface area contributed by atoms with Crippen LogP contribution in [0.4, 0.5) is 0 Å². The van der Waals surface area contributed by atoms with Gasteiger partial charge in [-0.05, 0) is 0 Å². The maximum absolute atomic E-state index is 8.14. The number of allylic oxidation sites excluding steroid dienone is 6. The van der Waals surface area contributed by atoms with Gasteiger partial charge in [0.2, 0.25) is 0 Å². The molecule has 0 saturated heterocycles. The summed E-state index contributed by atoms with van der Waals surface area (Å²) in [6, 6.07) is 4.01. The molecule has 4 heterocycles. The van der Waals surface area contributed by atoms with Crippen molar-refractivity contribution in [1.29, 1.82) is 0 Å². The zero-order chi connectivity index (χ0) is 20.2. The van der Waals surface area contributed by atoms with Crippen LogP contribution in [0.3, 0.4) is 0 Å². The number of nitrogens with zero attached hydrogens (tertiary/aromatic N) is 3. The molecule has 0 aliphatic carbocycles. The van der Waals surface area contributed by atoms with E-state index in [4.69, 9.17) is 12.3 Å². The molecule has 29 heavy (non-hydrogen) atoms. The minimum atomic E-state index is 0.195. The molecule has 7 heteroatoms. The minimum Gasteiger partial charge on any atom is -0.285 e. The quantitative estimate of drug-likeness (QED) is 0.401. The molecule has 0 fully saturated rings. The number of nitrogens with one attached hydrogen (secondary N) is 3. The van der Waals surface area contributed by atoms with Gasteiger partial charge in [-0.3, -0.25) is 23.5 Å². The third-order valence-electron chi connectivity index (χ3n) is 4.37. The van der Waals surface area contributed by atoms with Gasteiger partial charge in [0.25, 0.3) is 0 Å². The Bertz CT molecular complexity index is 1180. The fourth-order valence-corrected chi connectivity index (χ4v) is 3.49. The summed E-state index contributed by atoms with van der Waals surface area (Å²) in [5.41, 5.74) is 15.1. The van der Waals surface area contributed by atoms with Gasteiger partial charge in [-0.15, -0.1) is 0 Å². The van der Waals surface area contributed by atoms with E-state index < -0.39 is 0 Å². The summed E-state index contributed by atoms with van der Waals surface area (Å²) in [6.07, 6.45) is 16.4. The second-order valence-corrected chi connectivity index (χ2v) is 7.21. The molecule has 3 N–H and O–H groups in total. The van der Waals surface area contributed by atoms with Crippen LogP contribution in [-0.4, -0.2) is 31.2 Å². The first-order chi connectivity index (χ1) is 14.2. The Morgan fingerprint density at radius 1 is 1.03 bits per heavy atom. The first-order valence-corrected chi connectivity index (χ1v) is 10.7. The van der Waals surface area contributed by atoms with Gasteiger partial charge in [-0.25, -0.2) is 0 Å². The van der Waals surface area contributed by atoms with Gasteiger partial charge in [0.1, 0.15) is 0 Å². The first kappa shape index (κ1) is 18.9. The second kappa shape index (κ2) is 8.29. The molecule has 0 saturated carbocycles. The molecule has 6 nitrogen and oxygen atoms in total. The van der Waals surface area contributed by atoms with Crippen molar-refractivity contribution >= 4 is 33.8 Å². The van der Waals surface area contributed by atoms with Crippen LogP contribution in [0.2, 0.25) is 0 Å². The average molecular weight is 430 g/mol. The Labute approximate surface area is 177 Å². The summed E-state index contributed by atoms with van der Waals surface area (Å²) in [5, 5.41) is 6.72. The molecule has 0 atom stereocenters. The minimum absolute atomic E-state index is 0.195. The molecule has 2 aliphatic rings. The first-order valence-electron chi connectivity index (χ1n) is 8.95. The Morgan fingerprint density at radius 2 is 1.76 bits per heavy atom. The van der Waals surface area contributed by atoms with E-state index in [0.29, 0.717) is 11.3 Å². The van der Waals surface area contributed by atoms with Crippen LogP contribution < -0.4 is 0 Å². The number of hydrogen-bond donors (Lipinski definition) is 2. The van der Waals surface area contributed by atoms with Crippen molar-refractivity contribution < 1.29 is 17.9 Å². The zero-order valence-corrected chi connectivity index (χ0v) is 18.5. The molecule has 0 aromatic carbocycles. The molecule has 0 bridgehead atoms. The summed E-state index contributed by atoms with van der Waals surface area (Å²) in [6.45, 7) is 5.57. The van der Waals surface area contributed by atoms with Crippen molar-refractivity contribution in [1.82, 2.24) is 15.2 Å². The zero-order valence-electron chi connectivity index (χ0n) is 15.6. The normalized spacial score (nSPS) is 19.0. The Balaban J connectivity index is 1.58. The Morgan fingerprint density at radius 3 is 2.38 bits per heavy atom. The molecule has 0 amide bonds. The molecule has 138 valence electrons. The molecule has 0 radical (unpaired) electrons. The van der Waals surface area contributed by atoms with Gasteiger partial charge >= 0.3 is 120 Å². The van der Waals surface area contributed by atoms with Crippen LogP contribution in [0.25, 0.3) is 23.5 Å². The SMILES string of the molecule is [CH-]=C/C([NH-])=C(/C1=NC(=Cc2ccc(C=C3C=CC([CH]=[Zn])=N3)[nH]2)C=C1)c1cn[nH]c1. The predicted molar refractivity (Wildman–Crippen MR) is 115 cm³/mol. The van der Waals surface area contributed by atoms with Crippen LogP contribution in [0.5, 0.6) is 0 Å². The van der Waals surface area contributed by atoms with Crippen LogP contribution in [-0.2, 0) is 17.9 Å². The van der Waals surface area contributed by atoms with Gasteiger partial charge in [0.05, 0.1) is 6.20 Å². The monoisotopic (exact) mass is 428 g/mol. The third kappa shape index (κ3) is 4.20. The number of H-pyrrole nitrogens is 2. The van der Waals surface area contributed by atoms with E-state index >= 15 is 0 Å². The van der Waals surface area contributed by atoms with Crippen LogP contribution >= 0.6 is 0 Å². The fourth-order valence-electron chi connectivity index (χ4n) is 3.01. The summed E-state index contributed by atoms with van der Waals surface area (Å²) in [7, 11) is 0. The van der Waals surface area contributed by atoms with Gasteiger partial charge in [-0.1, -0.05) is 5.57 Å². The number of rotatable bonds is 6. The number of hydrogen-bond acceptors (Lipinski definition) is 3. The predicted octanol–water partition coefficient (Wildman–Crippen LogP) is 4.24. The molecule has 2 aromatic heterocycles. The van der Waals surface area contributed by atoms with Crippen LogP contribution in [0.1, 0.15) is 17.0 Å². The van der Waals surface area contributed by atoms with Crippen molar-refractivity contribution in [2.24, 2.45) is 9.98 Å². The second-order valence-electron chi connectivity index (χ2n) is 6.35. The molecule has 2 aromatic rings. The average Bonchev–Trinajstić information content (AvgIpc) is 3.51. The van der Waals surface area contributed by atoms with E-state index in [-0.39, 0.29) is 5.70 Å². The molecule has 0 spiro atoms. The fraction of sp³-hybridized carbons (Fsp3) is 0. The smallest absolute Gasteiger partial charge is 0.285 e. The molecule has 2 aliphatic heterocycles. The summed E-state index contributed by atoms with van der Waals surface area (Å²) in [4.78, 5) is 12.5. The van der Waals surface area contributed by atoms with Crippen molar-refractivity contribution in [2.75, 3.05) is 0 Å². The van der Waals surface area contributed by atoms with Gasteiger partial charge in [-0.2, -0.15) is 5.10 Å². The van der Waals surface area contributed by atoms with E-state index in [2.05, 4.69) is 29.8 Å². The molecule has 0 unspecified atom stereocenters.